The average Bonchev–Trinajstić information content (AvgIpc) is 2.96. The van der Waals surface area contributed by atoms with Gasteiger partial charge in [-0.05, 0) is 36.4 Å². The molecule has 1 heterocycles. The molecule has 0 fully saturated rings. The largest absolute Gasteiger partial charge is 0.384 e. The van der Waals surface area contributed by atoms with E-state index in [-0.39, 0.29) is 18.3 Å². The molecule has 0 aliphatic rings. The van der Waals surface area contributed by atoms with Gasteiger partial charge in [-0.2, -0.15) is 0 Å². The molecule has 0 bridgehead atoms. The van der Waals surface area contributed by atoms with Crippen LogP contribution in [0.1, 0.15) is 5.56 Å². The fraction of sp³-hybridized carbons (Fsp3) is 0.0476. The molecule has 3 aromatic carbocycles. The quantitative estimate of drug-likeness (QED) is 0.390. The van der Waals surface area contributed by atoms with E-state index in [9.17, 15) is 4.79 Å². The van der Waals surface area contributed by atoms with Gasteiger partial charge in [-0.3, -0.25) is 10.2 Å². The number of carbonyl (C=O) groups excluding carboxylic acids is 1. The van der Waals surface area contributed by atoms with Crippen molar-refractivity contribution < 1.29 is 4.79 Å². The molecular formula is C21H18N4O. The van der Waals surface area contributed by atoms with E-state index < -0.39 is 0 Å². The lowest BCUT2D eigenvalue weighted by Crippen LogP contribution is -2.18. The van der Waals surface area contributed by atoms with Crippen molar-refractivity contribution in [1.29, 1.82) is 5.41 Å². The van der Waals surface area contributed by atoms with Gasteiger partial charge in [0.25, 0.3) is 0 Å². The Balaban J connectivity index is 1.78. The number of hydrogen-bond donors (Lipinski definition) is 3. The zero-order valence-corrected chi connectivity index (χ0v) is 14.1. The number of rotatable bonds is 4. The number of nitrogen functional groups attached to an aromatic ring is 1. The van der Waals surface area contributed by atoms with E-state index in [1.54, 1.807) is 0 Å². The summed E-state index contributed by atoms with van der Waals surface area (Å²) in [7, 11) is 0. The van der Waals surface area contributed by atoms with Crippen LogP contribution in [0.3, 0.4) is 0 Å². The molecule has 0 saturated heterocycles. The summed E-state index contributed by atoms with van der Waals surface area (Å²) >= 11 is 0. The maximum atomic E-state index is 12.6. The Morgan fingerprint density at radius 2 is 1.62 bits per heavy atom. The smallest absolute Gasteiger partial charge is 0.244 e. The van der Waals surface area contributed by atoms with Crippen molar-refractivity contribution in [3.05, 3.63) is 78.4 Å². The number of nitrogens with two attached hydrogens (primary N) is 1. The van der Waals surface area contributed by atoms with Gasteiger partial charge >= 0.3 is 0 Å². The maximum absolute atomic E-state index is 12.6. The number of carbonyl (C=O) groups is 1. The number of amides is 1. The topological polar surface area (TPSA) is 83.9 Å². The second-order valence-corrected chi connectivity index (χ2v) is 6.16. The molecule has 0 aliphatic heterocycles. The van der Waals surface area contributed by atoms with Crippen molar-refractivity contribution in [1.82, 2.24) is 4.57 Å². The van der Waals surface area contributed by atoms with Crippen molar-refractivity contribution in [3.63, 3.8) is 0 Å². The molecule has 128 valence electrons. The highest BCUT2D eigenvalue weighted by molar-refractivity contribution is 6.11. The number of anilines is 1. The van der Waals surface area contributed by atoms with Gasteiger partial charge in [-0.1, -0.05) is 36.4 Å². The van der Waals surface area contributed by atoms with Gasteiger partial charge in [-0.15, -0.1) is 0 Å². The Kier molecular flexibility index (Phi) is 3.89. The number of amidine groups is 1. The fourth-order valence-electron chi connectivity index (χ4n) is 3.26. The number of nitrogens with zero attached hydrogens (tertiary/aromatic N) is 1. The van der Waals surface area contributed by atoms with Crippen LogP contribution in [0.5, 0.6) is 0 Å². The minimum absolute atomic E-state index is 0.0329. The van der Waals surface area contributed by atoms with Crippen molar-refractivity contribution >= 4 is 39.2 Å². The van der Waals surface area contributed by atoms with Gasteiger partial charge in [-0.25, -0.2) is 0 Å². The third-order valence-electron chi connectivity index (χ3n) is 4.44. The lowest BCUT2D eigenvalue weighted by molar-refractivity contribution is -0.116. The lowest BCUT2D eigenvalue weighted by atomic mass is 10.1. The Morgan fingerprint density at radius 1 is 0.923 bits per heavy atom. The molecule has 0 atom stereocenters. The van der Waals surface area contributed by atoms with E-state index in [1.807, 2.05) is 77.4 Å². The third kappa shape index (κ3) is 2.80. The van der Waals surface area contributed by atoms with Crippen LogP contribution in [-0.2, 0) is 11.3 Å². The summed E-state index contributed by atoms with van der Waals surface area (Å²) in [6.45, 7) is 0.207. The maximum Gasteiger partial charge on any atom is 0.244 e. The molecule has 4 rings (SSSR count). The summed E-state index contributed by atoms with van der Waals surface area (Å²) in [5.41, 5.74) is 9.01. The van der Waals surface area contributed by atoms with Crippen molar-refractivity contribution in [3.8, 4) is 0 Å². The Labute approximate surface area is 150 Å². The summed E-state index contributed by atoms with van der Waals surface area (Å²) in [6, 6.07) is 23.0. The second-order valence-electron chi connectivity index (χ2n) is 6.16. The van der Waals surface area contributed by atoms with Gasteiger partial charge in [0.15, 0.2) is 0 Å². The minimum atomic E-state index is -0.0884. The Hall–Kier alpha value is -3.60. The highest BCUT2D eigenvalue weighted by atomic mass is 16.1. The van der Waals surface area contributed by atoms with E-state index in [4.69, 9.17) is 11.1 Å². The number of para-hydroxylation sites is 2. The van der Waals surface area contributed by atoms with E-state index in [0.29, 0.717) is 5.56 Å². The molecule has 1 aromatic heterocycles. The molecule has 26 heavy (non-hydrogen) atoms. The first-order chi connectivity index (χ1) is 12.6. The van der Waals surface area contributed by atoms with Crippen LogP contribution in [0.2, 0.25) is 0 Å². The summed E-state index contributed by atoms with van der Waals surface area (Å²) in [5.74, 6) is -0.0555. The van der Waals surface area contributed by atoms with Crippen LogP contribution < -0.4 is 11.1 Å². The Bertz CT molecular complexity index is 1130. The molecule has 0 spiro atoms. The predicted octanol–water partition coefficient (Wildman–Crippen LogP) is 3.72. The van der Waals surface area contributed by atoms with E-state index in [1.165, 1.54) is 0 Å². The zero-order valence-electron chi connectivity index (χ0n) is 14.1. The van der Waals surface area contributed by atoms with Crippen LogP contribution in [0.25, 0.3) is 21.8 Å². The number of aromatic nitrogens is 1. The first-order valence-electron chi connectivity index (χ1n) is 8.34. The number of hydrogen-bond acceptors (Lipinski definition) is 2. The van der Waals surface area contributed by atoms with E-state index in [2.05, 4.69) is 5.32 Å². The summed E-state index contributed by atoms with van der Waals surface area (Å²) in [5, 5.41) is 12.6. The predicted molar refractivity (Wildman–Crippen MR) is 106 cm³/mol. The van der Waals surface area contributed by atoms with Crippen molar-refractivity contribution in [2.75, 3.05) is 5.32 Å². The highest BCUT2D eigenvalue weighted by Crippen LogP contribution is 2.29. The van der Waals surface area contributed by atoms with Crippen LogP contribution in [0.4, 0.5) is 5.69 Å². The average molecular weight is 342 g/mol. The van der Waals surface area contributed by atoms with Crippen LogP contribution in [0, 0.1) is 5.41 Å². The molecule has 0 radical (unpaired) electrons. The molecule has 4 N–H and O–H groups in total. The van der Waals surface area contributed by atoms with Gasteiger partial charge in [0, 0.05) is 33.1 Å². The van der Waals surface area contributed by atoms with Crippen molar-refractivity contribution in [2.45, 2.75) is 6.54 Å². The molecule has 0 saturated carbocycles. The van der Waals surface area contributed by atoms with E-state index in [0.717, 1.165) is 27.5 Å². The summed E-state index contributed by atoms with van der Waals surface area (Å²) < 4.78 is 1.99. The molecule has 0 aliphatic carbocycles. The van der Waals surface area contributed by atoms with Crippen LogP contribution in [0.15, 0.2) is 72.8 Å². The molecule has 4 aromatic rings. The SMILES string of the molecule is N=C(N)c1ccc2c(c1)c1ccccc1n2CC(=O)Nc1ccccc1. The minimum Gasteiger partial charge on any atom is -0.384 e. The standard InChI is InChI=1S/C21H18N4O/c22-21(23)14-10-11-19-17(12-14)16-8-4-5-9-18(16)25(19)13-20(26)24-15-6-2-1-3-7-15/h1-12H,13H2,(H3,22,23)(H,24,26). The first kappa shape index (κ1) is 15.9. The highest BCUT2D eigenvalue weighted by Gasteiger charge is 2.14. The van der Waals surface area contributed by atoms with Gasteiger partial charge in [0.1, 0.15) is 12.4 Å². The number of benzene rings is 3. The molecule has 5 nitrogen and oxygen atoms in total. The van der Waals surface area contributed by atoms with Gasteiger partial charge in [0.05, 0.1) is 0 Å². The normalized spacial score (nSPS) is 10.9. The molecule has 1 amide bonds. The molecule has 0 unspecified atom stereocenters. The van der Waals surface area contributed by atoms with Crippen molar-refractivity contribution in [2.24, 2.45) is 5.73 Å². The van der Waals surface area contributed by atoms with Gasteiger partial charge < -0.3 is 15.6 Å². The summed E-state index contributed by atoms with van der Waals surface area (Å²) in [4.78, 5) is 12.6. The Morgan fingerprint density at radius 3 is 2.38 bits per heavy atom. The van der Waals surface area contributed by atoms with Crippen LogP contribution >= 0.6 is 0 Å². The summed E-state index contributed by atoms with van der Waals surface area (Å²) in [6.07, 6.45) is 0. The molecular weight excluding hydrogens is 324 g/mol. The number of fused-ring (bicyclic) bond motifs is 3. The van der Waals surface area contributed by atoms with E-state index >= 15 is 0 Å². The zero-order chi connectivity index (χ0) is 18.1. The van der Waals surface area contributed by atoms with Gasteiger partial charge in [0.2, 0.25) is 5.91 Å². The monoisotopic (exact) mass is 342 g/mol. The lowest BCUT2D eigenvalue weighted by Gasteiger charge is -2.09. The first-order valence-corrected chi connectivity index (χ1v) is 8.34. The number of nitrogens with one attached hydrogen (secondary N) is 2. The fourth-order valence-corrected chi connectivity index (χ4v) is 3.26. The second kappa shape index (κ2) is 6.37. The third-order valence-corrected chi connectivity index (χ3v) is 4.44. The molecule has 5 heteroatoms. The van der Waals surface area contributed by atoms with Crippen LogP contribution in [-0.4, -0.2) is 16.3 Å².